The average molecular weight is 431 g/mol. The zero-order chi connectivity index (χ0) is 21.0. The van der Waals surface area contributed by atoms with E-state index in [-0.39, 0.29) is 18.9 Å². The van der Waals surface area contributed by atoms with Gasteiger partial charge in [-0.25, -0.2) is 8.42 Å². The molecule has 3 rings (SSSR count). The number of hydrogen-bond donors (Lipinski definition) is 1. The minimum Gasteiger partial charge on any atom is -0.326 e. The van der Waals surface area contributed by atoms with E-state index in [1.54, 1.807) is 25.1 Å². The zero-order valence-electron chi connectivity index (χ0n) is 16.4. The second-order valence-electron chi connectivity index (χ2n) is 6.90. The maximum Gasteiger partial charge on any atom is 0.232 e. The van der Waals surface area contributed by atoms with Crippen LogP contribution in [0, 0.1) is 6.92 Å². The van der Waals surface area contributed by atoms with Crippen molar-refractivity contribution in [2.45, 2.75) is 19.8 Å². The highest BCUT2D eigenvalue weighted by atomic mass is 35.5. The number of hydrogen-bond acceptors (Lipinski definition) is 3. The largest absolute Gasteiger partial charge is 0.326 e. The highest BCUT2D eigenvalue weighted by Crippen LogP contribution is 2.28. The molecule has 3 aromatic rings. The van der Waals surface area contributed by atoms with Crippen LogP contribution in [-0.4, -0.2) is 27.1 Å². The fraction of sp³-hybridized carbons (Fsp3) is 0.227. The molecule has 0 fully saturated rings. The molecule has 152 valence electrons. The number of carbonyl (C=O) groups excluding carboxylic acids is 1. The fourth-order valence-corrected chi connectivity index (χ4v) is 4.45. The molecular weight excluding hydrogens is 408 g/mol. The lowest BCUT2D eigenvalue weighted by Gasteiger charge is -2.24. The van der Waals surface area contributed by atoms with Crippen LogP contribution < -0.4 is 9.62 Å². The van der Waals surface area contributed by atoms with Gasteiger partial charge in [0.2, 0.25) is 15.9 Å². The Kier molecular flexibility index (Phi) is 6.45. The Morgan fingerprint density at radius 2 is 1.72 bits per heavy atom. The van der Waals surface area contributed by atoms with Gasteiger partial charge in [0.25, 0.3) is 0 Å². The molecule has 3 aromatic carbocycles. The number of nitrogens with zero attached hydrogens (tertiary/aromatic N) is 1. The van der Waals surface area contributed by atoms with Crippen LogP contribution in [0.1, 0.15) is 18.4 Å². The minimum atomic E-state index is -3.50. The number of carbonyl (C=O) groups is 1. The number of anilines is 2. The highest BCUT2D eigenvalue weighted by Gasteiger charge is 2.20. The van der Waals surface area contributed by atoms with E-state index < -0.39 is 10.0 Å². The Balaban J connectivity index is 1.68. The summed E-state index contributed by atoms with van der Waals surface area (Å²) in [5.41, 5.74) is 1.98. The number of amides is 1. The summed E-state index contributed by atoms with van der Waals surface area (Å²) in [7, 11) is -3.50. The Labute approximate surface area is 176 Å². The molecule has 1 N–H and O–H groups in total. The molecule has 1 amide bonds. The van der Waals surface area contributed by atoms with E-state index in [4.69, 9.17) is 11.6 Å². The summed E-state index contributed by atoms with van der Waals surface area (Å²) >= 11 is 6.14. The third kappa shape index (κ3) is 5.08. The SMILES string of the molecule is Cc1c(Cl)cccc1N(CCCC(=O)Nc1cccc2ccccc12)S(C)(=O)=O. The third-order valence-corrected chi connectivity index (χ3v) is 6.33. The maximum absolute atomic E-state index is 12.4. The van der Waals surface area contributed by atoms with Gasteiger partial charge >= 0.3 is 0 Å². The second kappa shape index (κ2) is 8.84. The Bertz CT molecular complexity index is 1140. The predicted octanol–water partition coefficient (Wildman–Crippen LogP) is 4.99. The van der Waals surface area contributed by atoms with E-state index in [9.17, 15) is 13.2 Å². The van der Waals surface area contributed by atoms with Crippen molar-refractivity contribution in [3.8, 4) is 0 Å². The van der Waals surface area contributed by atoms with E-state index >= 15 is 0 Å². The average Bonchev–Trinajstić information content (AvgIpc) is 2.67. The van der Waals surface area contributed by atoms with Crippen molar-refractivity contribution in [1.29, 1.82) is 0 Å². The summed E-state index contributed by atoms with van der Waals surface area (Å²) in [5.74, 6) is -0.155. The molecule has 5 nitrogen and oxygen atoms in total. The van der Waals surface area contributed by atoms with Crippen molar-refractivity contribution in [3.63, 3.8) is 0 Å². The number of benzene rings is 3. The topological polar surface area (TPSA) is 66.5 Å². The van der Waals surface area contributed by atoms with Gasteiger partial charge in [0.05, 0.1) is 11.9 Å². The van der Waals surface area contributed by atoms with Crippen LogP contribution in [0.3, 0.4) is 0 Å². The van der Waals surface area contributed by atoms with Gasteiger partial charge in [-0.15, -0.1) is 0 Å². The first-order valence-corrected chi connectivity index (χ1v) is 11.5. The highest BCUT2D eigenvalue weighted by molar-refractivity contribution is 7.92. The first-order valence-electron chi connectivity index (χ1n) is 9.28. The normalized spacial score (nSPS) is 11.4. The van der Waals surface area contributed by atoms with Gasteiger partial charge in [-0.2, -0.15) is 0 Å². The van der Waals surface area contributed by atoms with Crippen molar-refractivity contribution < 1.29 is 13.2 Å². The van der Waals surface area contributed by atoms with Crippen molar-refractivity contribution in [1.82, 2.24) is 0 Å². The van der Waals surface area contributed by atoms with Gasteiger partial charge < -0.3 is 5.32 Å². The number of sulfonamides is 1. The number of fused-ring (bicyclic) bond motifs is 1. The van der Waals surface area contributed by atoms with E-state index in [2.05, 4.69) is 5.32 Å². The standard InChI is InChI=1S/C22H23ClN2O3S/c1-16-19(23)11-6-13-21(16)25(29(2,27)28)15-7-14-22(26)24-20-12-5-9-17-8-3-4-10-18(17)20/h3-6,8-13H,7,14-15H2,1-2H3,(H,24,26). The first-order chi connectivity index (χ1) is 13.8. The quantitative estimate of drug-likeness (QED) is 0.574. The Morgan fingerprint density at radius 1 is 1.03 bits per heavy atom. The van der Waals surface area contributed by atoms with Gasteiger partial charge in [0, 0.05) is 29.1 Å². The molecule has 0 atom stereocenters. The molecule has 7 heteroatoms. The van der Waals surface area contributed by atoms with E-state index in [0.717, 1.165) is 22.7 Å². The van der Waals surface area contributed by atoms with Crippen molar-refractivity contribution in [3.05, 3.63) is 71.2 Å². The molecule has 0 spiro atoms. The molecule has 0 unspecified atom stereocenters. The summed E-state index contributed by atoms with van der Waals surface area (Å²) in [6, 6.07) is 18.7. The smallest absolute Gasteiger partial charge is 0.232 e. The first kappa shape index (κ1) is 21.1. The van der Waals surface area contributed by atoms with Gasteiger partial charge in [-0.1, -0.05) is 54.1 Å². The molecule has 29 heavy (non-hydrogen) atoms. The summed E-state index contributed by atoms with van der Waals surface area (Å²) in [5, 5.41) is 5.45. The molecule has 0 saturated heterocycles. The molecule has 0 radical (unpaired) electrons. The van der Waals surface area contributed by atoms with E-state index in [0.29, 0.717) is 22.7 Å². The van der Waals surface area contributed by atoms with Crippen molar-refractivity contribution in [2.75, 3.05) is 22.4 Å². The van der Waals surface area contributed by atoms with Gasteiger partial charge in [-0.05, 0) is 42.5 Å². The monoisotopic (exact) mass is 430 g/mol. The Morgan fingerprint density at radius 3 is 2.48 bits per heavy atom. The van der Waals surface area contributed by atoms with Crippen LogP contribution in [0.5, 0.6) is 0 Å². The summed E-state index contributed by atoms with van der Waals surface area (Å²) in [6.45, 7) is 1.98. The van der Waals surface area contributed by atoms with Crippen molar-refractivity contribution in [2.24, 2.45) is 0 Å². The van der Waals surface area contributed by atoms with E-state index in [1.165, 1.54) is 4.31 Å². The number of rotatable bonds is 7. The summed E-state index contributed by atoms with van der Waals surface area (Å²) < 4.78 is 25.9. The molecule has 0 aromatic heterocycles. The van der Waals surface area contributed by atoms with Crippen LogP contribution in [0.15, 0.2) is 60.7 Å². The molecule has 0 bridgehead atoms. The molecular formula is C22H23ClN2O3S. The van der Waals surface area contributed by atoms with Crippen LogP contribution >= 0.6 is 11.6 Å². The summed E-state index contributed by atoms with van der Waals surface area (Å²) in [6.07, 6.45) is 1.74. The molecule has 0 aliphatic rings. The van der Waals surface area contributed by atoms with Crippen LogP contribution in [0.4, 0.5) is 11.4 Å². The van der Waals surface area contributed by atoms with Crippen molar-refractivity contribution >= 4 is 49.7 Å². The molecule has 0 saturated carbocycles. The van der Waals surface area contributed by atoms with Gasteiger partial charge in [0.15, 0.2) is 0 Å². The lowest BCUT2D eigenvalue weighted by Crippen LogP contribution is -2.32. The lowest BCUT2D eigenvalue weighted by atomic mass is 10.1. The van der Waals surface area contributed by atoms with Gasteiger partial charge in [-0.3, -0.25) is 9.10 Å². The van der Waals surface area contributed by atoms with Crippen LogP contribution in [0.25, 0.3) is 10.8 Å². The molecule has 0 aliphatic heterocycles. The van der Waals surface area contributed by atoms with Crippen LogP contribution in [-0.2, 0) is 14.8 Å². The predicted molar refractivity (Wildman–Crippen MR) is 120 cm³/mol. The van der Waals surface area contributed by atoms with E-state index in [1.807, 2.05) is 42.5 Å². The minimum absolute atomic E-state index is 0.155. The Hall–Kier alpha value is -2.57. The zero-order valence-corrected chi connectivity index (χ0v) is 17.9. The molecule has 0 heterocycles. The number of nitrogens with one attached hydrogen (secondary N) is 1. The molecule has 0 aliphatic carbocycles. The summed E-state index contributed by atoms with van der Waals surface area (Å²) in [4.78, 5) is 12.4. The maximum atomic E-state index is 12.4. The van der Waals surface area contributed by atoms with Crippen LogP contribution in [0.2, 0.25) is 5.02 Å². The number of halogens is 1. The lowest BCUT2D eigenvalue weighted by molar-refractivity contribution is -0.116. The fourth-order valence-electron chi connectivity index (χ4n) is 3.26. The third-order valence-electron chi connectivity index (χ3n) is 4.74. The second-order valence-corrected chi connectivity index (χ2v) is 9.21. The van der Waals surface area contributed by atoms with Gasteiger partial charge in [0.1, 0.15) is 0 Å².